The average molecular weight is 669 g/mol. The SMILES string of the molecule is C(=C\C=C1/CCCC2C1OC(C1CCCCC1)CC2C1CCCCC1)/C=C/C1=C2OC(C3CCCCC3)CC(C3CCCCC3)C2CCC1. The maximum atomic E-state index is 7.25. The molecular weight excluding hydrogens is 597 g/mol. The predicted molar refractivity (Wildman–Crippen MR) is 204 cm³/mol. The molecule has 0 bridgehead atoms. The van der Waals surface area contributed by atoms with Gasteiger partial charge in [0.1, 0.15) is 11.9 Å². The van der Waals surface area contributed by atoms with E-state index in [0.29, 0.717) is 24.2 Å². The summed E-state index contributed by atoms with van der Waals surface area (Å²) in [6.45, 7) is 0. The minimum Gasteiger partial charge on any atom is -0.494 e. The van der Waals surface area contributed by atoms with Gasteiger partial charge in [-0.25, -0.2) is 0 Å². The van der Waals surface area contributed by atoms with Crippen LogP contribution < -0.4 is 0 Å². The minimum absolute atomic E-state index is 0.378. The highest BCUT2D eigenvalue weighted by Crippen LogP contribution is 2.52. The molecule has 7 atom stereocenters. The van der Waals surface area contributed by atoms with Gasteiger partial charge in [-0.2, -0.15) is 0 Å². The van der Waals surface area contributed by atoms with Crippen molar-refractivity contribution in [3.05, 3.63) is 47.3 Å². The maximum Gasteiger partial charge on any atom is 0.103 e. The van der Waals surface area contributed by atoms with E-state index in [1.807, 2.05) is 0 Å². The van der Waals surface area contributed by atoms with Crippen LogP contribution in [0.4, 0.5) is 0 Å². The molecule has 0 radical (unpaired) electrons. The van der Waals surface area contributed by atoms with Gasteiger partial charge in [0.25, 0.3) is 0 Å². The molecule has 0 amide bonds. The molecule has 2 aliphatic heterocycles. The summed E-state index contributed by atoms with van der Waals surface area (Å²) in [6, 6.07) is 0. The van der Waals surface area contributed by atoms with E-state index in [4.69, 9.17) is 9.47 Å². The maximum absolute atomic E-state index is 7.25. The van der Waals surface area contributed by atoms with Gasteiger partial charge < -0.3 is 9.47 Å². The van der Waals surface area contributed by atoms with Crippen molar-refractivity contribution in [2.45, 2.75) is 198 Å². The van der Waals surface area contributed by atoms with Crippen LogP contribution in [0.2, 0.25) is 0 Å². The summed E-state index contributed by atoms with van der Waals surface area (Å²) in [4.78, 5) is 0. The summed E-state index contributed by atoms with van der Waals surface area (Å²) in [7, 11) is 0. The third kappa shape index (κ3) is 8.20. The molecule has 2 heteroatoms. The van der Waals surface area contributed by atoms with Crippen LogP contribution in [0.15, 0.2) is 47.3 Å². The summed E-state index contributed by atoms with van der Waals surface area (Å²) in [5.74, 6) is 8.16. The molecule has 2 nitrogen and oxygen atoms in total. The van der Waals surface area contributed by atoms with Crippen LogP contribution in [0, 0.1) is 47.3 Å². The molecule has 0 spiro atoms. The third-order valence-electron chi connectivity index (χ3n) is 15.7. The molecule has 0 aromatic heterocycles. The Morgan fingerprint density at radius 3 is 1.69 bits per heavy atom. The molecule has 0 aromatic carbocycles. The molecule has 0 aromatic rings. The smallest absolute Gasteiger partial charge is 0.103 e. The van der Waals surface area contributed by atoms with Gasteiger partial charge in [-0.15, -0.1) is 0 Å². The Kier molecular flexibility index (Phi) is 12.1. The number of allylic oxidation sites excluding steroid dienone is 7. The lowest BCUT2D eigenvalue weighted by molar-refractivity contribution is -0.141. The summed E-state index contributed by atoms with van der Waals surface area (Å²) in [5.41, 5.74) is 3.15. The molecule has 6 aliphatic carbocycles. The molecule has 2 heterocycles. The summed E-state index contributed by atoms with van der Waals surface area (Å²) in [6.07, 6.45) is 52.9. The summed E-state index contributed by atoms with van der Waals surface area (Å²) < 4.78 is 14.4. The quantitative estimate of drug-likeness (QED) is 0.251. The largest absolute Gasteiger partial charge is 0.494 e. The van der Waals surface area contributed by atoms with Crippen molar-refractivity contribution >= 4 is 0 Å². The fraction of sp³-hybridized carbons (Fsp3) is 0.830. The molecule has 49 heavy (non-hydrogen) atoms. The van der Waals surface area contributed by atoms with E-state index in [2.05, 4.69) is 30.4 Å². The van der Waals surface area contributed by atoms with Crippen LogP contribution in [0.3, 0.4) is 0 Å². The van der Waals surface area contributed by atoms with Crippen LogP contribution in [-0.2, 0) is 9.47 Å². The Hall–Kier alpha value is -1.28. The van der Waals surface area contributed by atoms with Crippen LogP contribution in [0.25, 0.3) is 0 Å². The molecular formula is C47H72O2. The van der Waals surface area contributed by atoms with Crippen molar-refractivity contribution in [1.29, 1.82) is 0 Å². The number of hydrogen-bond donors (Lipinski definition) is 0. The molecule has 2 saturated heterocycles. The molecule has 8 rings (SSSR count). The summed E-state index contributed by atoms with van der Waals surface area (Å²) >= 11 is 0. The first-order chi connectivity index (χ1) is 24.3. The first kappa shape index (κ1) is 34.8. The zero-order valence-electron chi connectivity index (χ0n) is 31.4. The van der Waals surface area contributed by atoms with E-state index in [1.165, 1.54) is 191 Å². The fourth-order valence-corrected chi connectivity index (χ4v) is 13.2. The predicted octanol–water partition coefficient (Wildman–Crippen LogP) is 13.4. The van der Waals surface area contributed by atoms with Crippen molar-refractivity contribution in [3.63, 3.8) is 0 Å². The monoisotopic (exact) mass is 669 g/mol. The van der Waals surface area contributed by atoms with Gasteiger partial charge in [-0.1, -0.05) is 133 Å². The normalized spacial score (nSPS) is 38.9. The Balaban J connectivity index is 0.988. The lowest BCUT2D eigenvalue weighted by Gasteiger charge is -2.51. The van der Waals surface area contributed by atoms with Gasteiger partial charge in [0.05, 0.1) is 12.2 Å². The highest BCUT2D eigenvalue weighted by molar-refractivity contribution is 5.31. The van der Waals surface area contributed by atoms with E-state index in [-0.39, 0.29) is 0 Å². The van der Waals surface area contributed by atoms with E-state index in [9.17, 15) is 0 Å². The average Bonchev–Trinajstić information content (AvgIpc) is 3.18. The minimum atomic E-state index is 0.378. The van der Waals surface area contributed by atoms with Gasteiger partial charge >= 0.3 is 0 Å². The zero-order chi connectivity index (χ0) is 32.8. The first-order valence-electron chi connectivity index (χ1n) is 22.4. The van der Waals surface area contributed by atoms with Gasteiger partial charge in [0.15, 0.2) is 0 Å². The highest BCUT2D eigenvalue weighted by atomic mass is 16.5. The number of fused-ring (bicyclic) bond motifs is 2. The standard InChI is InChI=1S/C47H72O2/c1-6-18-34(19-7-1)42-32-44(36-22-10-3-11-23-36)48-46-38(28-16-30-40(42)46)26-14-5-15-27-39-29-17-31-41-43(35-20-8-2-9-21-35)33-45(49-47(39)41)37-24-12-4-13-25-37/h5,14-15,26-27,34-37,40-46H,1-4,6-13,16-25,28-33H2/b14-5+,27-15+,38-26+. The van der Waals surface area contributed by atoms with Gasteiger partial charge in [0.2, 0.25) is 0 Å². The lowest BCUT2D eigenvalue weighted by Crippen LogP contribution is -2.49. The van der Waals surface area contributed by atoms with Crippen LogP contribution in [0.5, 0.6) is 0 Å². The first-order valence-corrected chi connectivity index (χ1v) is 22.4. The van der Waals surface area contributed by atoms with E-state index < -0.39 is 0 Å². The van der Waals surface area contributed by atoms with Crippen LogP contribution in [-0.4, -0.2) is 18.3 Å². The van der Waals surface area contributed by atoms with Crippen molar-refractivity contribution in [2.24, 2.45) is 47.3 Å². The van der Waals surface area contributed by atoms with Gasteiger partial charge in [-0.05, 0) is 130 Å². The molecule has 8 aliphatic rings. The lowest BCUT2D eigenvalue weighted by atomic mass is 9.63. The van der Waals surface area contributed by atoms with Crippen molar-refractivity contribution in [3.8, 4) is 0 Å². The van der Waals surface area contributed by atoms with Crippen molar-refractivity contribution in [2.75, 3.05) is 0 Å². The Bertz CT molecular complexity index is 1170. The highest BCUT2D eigenvalue weighted by Gasteiger charge is 2.47. The molecule has 5 saturated carbocycles. The van der Waals surface area contributed by atoms with E-state index in [1.54, 1.807) is 5.57 Å². The fourth-order valence-electron chi connectivity index (χ4n) is 13.2. The second-order valence-corrected chi connectivity index (χ2v) is 18.6. The third-order valence-corrected chi connectivity index (χ3v) is 15.7. The number of ether oxygens (including phenoxy) is 2. The Morgan fingerprint density at radius 1 is 0.449 bits per heavy atom. The summed E-state index contributed by atoms with van der Waals surface area (Å²) in [5, 5.41) is 0. The number of rotatable bonds is 7. The molecule has 7 fully saturated rings. The topological polar surface area (TPSA) is 18.5 Å². The van der Waals surface area contributed by atoms with E-state index in [0.717, 1.165) is 41.4 Å². The molecule has 272 valence electrons. The number of hydrogen-bond acceptors (Lipinski definition) is 2. The van der Waals surface area contributed by atoms with Crippen molar-refractivity contribution < 1.29 is 9.47 Å². The second-order valence-electron chi connectivity index (χ2n) is 18.6. The van der Waals surface area contributed by atoms with E-state index >= 15 is 0 Å². The molecule has 0 N–H and O–H groups in total. The molecule has 7 unspecified atom stereocenters. The zero-order valence-corrected chi connectivity index (χ0v) is 31.4. The van der Waals surface area contributed by atoms with Crippen LogP contribution in [0.1, 0.15) is 180 Å². The van der Waals surface area contributed by atoms with Gasteiger partial charge in [-0.3, -0.25) is 0 Å². The second kappa shape index (κ2) is 17.0. The Morgan fingerprint density at radius 2 is 1.02 bits per heavy atom. The Labute approximate surface area is 301 Å². The van der Waals surface area contributed by atoms with Gasteiger partial charge in [0, 0.05) is 5.92 Å². The van der Waals surface area contributed by atoms with Crippen LogP contribution >= 0.6 is 0 Å². The van der Waals surface area contributed by atoms with Crippen molar-refractivity contribution in [1.82, 2.24) is 0 Å².